The molecule has 1 rings (SSSR count). The summed E-state index contributed by atoms with van der Waals surface area (Å²) >= 11 is 0. The van der Waals surface area contributed by atoms with Gasteiger partial charge in [0.25, 0.3) is 0 Å². The second-order valence-electron chi connectivity index (χ2n) is 4.54. The molecule has 0 aromatic carbocycles. The Balaban J connectivity index is 2.21. The van der Waals surface area contributed by atoms with Crippen molar-refractivity contribution in [3.05, 3.63) is 0 Å². The summed E-state index contributed by atoms with van der Waals surface area (Å²) in [6, 6.07) is 0.767. The minimum atomic E-state index is 0.767. The first kappa shape index (κ1) is 12.0. The van der Waals surface area contributed by atoms with Crippen molar-refractivity contribution in [3.63, 3.8) is 0 Å². The highest BCUT2D eigenvalue weighted by Gasteiger charge is 2.21. The van der Waals surface area contributed by atoms with Crippen LogP contribution in [0.4, 0.5) is 0 Å². The Kier molecular flexibility index (Phi) is 6.20. The molecule has 0 aromatic heterocycles. The highest BCUT2D eigenvalue weighted by atomic mass is 14.9. The molecule has 14 heavy (non-hydrogen) atoms. The second kappa shape index (κ2) is 7.24. The Labute approximate surface area is 88.8 Å². The van der Waals surface area contributed by atoms with E-state index in [1.54, 1.807) is 0 Å². The van der Waals surface area contributed by atoms with Gasteiger partial charge >= 0.3 is 0 Å². The molecule has 0 aromatic rings. The maximum atomic E-state index is 3.50. The molecular formula is C12H26N2. The summed E-state index contributed by atoms with van der Waals surface area (Å²) < 4.78 is 0. The van der Waals surface area contributed by atoms with Crippen LogP contribution in [0.5, 0.6) is 0 Å². The van der Waals surface area contributed by atoms with Crippen molar-refractivity contribution in [2.75, 3.05) is 20.6 Å². The van der Waals surface area contributed by atoms with Gasteiger partial charge in [0.1, 0.15) is 0 Å². The van der Waals surface area contributed by atoms with Crippen molar-refractivity contribution in [2.24, 2.45) is 5.92 Å². The summed E-state index contributed by atoms with van der Waals surface area (Å²) in [5.74, 6) is 0.950. The molecule has 1 unspecified atom stereocenters. The molecule has 0 aliphatic heterocycles. The van der Waals surface area contributed by atoms with E-state index in [4.69, 9.17) is 0 Å². The van der Waals surface area contributed by atoms with Gasteiger partial charge in [-0.15, -0.1) is 0 Å². The van der Waals surface area contributed by atoms with Crippen LogP contribution >= 0.6 is 0 Å². The van der Waals surface area contributed by atoms with E-state index in [0.29, 0.717) is 0 Å². The molecule has 2 heteroatoms. The van der Waals surface area contributed by atoms with E-state index >= 15 is 0 Å². The van der Waals surface area contributed by atoms with E-state index in [9.17, 15) is 0 Å². The van der Waals surface area contributed by atoms with Crippen molar-refractivity contribution >= 4 is 0 Å². The molecule has 1 aliphatic carbocycles. The summed E-state index contributed by atoms with van der Waals surface area (Å²) in [4.78, 5) is 0. The lowest BCUT2D eigenvalue weighted by Gasteiger charge is -2.30. The van der Waals surface area contributed by atoms with Gasteiger partial charge in [-0.05, 0) is 52.2 Å². The normalized spacial score (nSPS) is 21.0. The first-order chi connectivity index (χ1) is 6.88. The summed E-state index contributed by atoms with van der Waals surface area (Å²) in [7, 11) is 4.16. The van der Waals surface area contributed by atoms with Gasteiger partial charge in [-0.25, -0.2) is 0 Å². The third-order valence-corrected chi connectivity index (χ3v) is 3.53. The first-order valence-electron chi connectivity index (χ1n) is 6.20. The van der Waals surface area contributed by atoms with Gasteiger partial charge in [-0.3, -0.25) is 0 Å². The number of hydrogen-bond acceptors (Lipinski definition) is 2. The first-order valence-corrected chi connectivity index (χ1v) is 6.20. The molecule has 0 spiro atoms. The largest absolute Gasteiger partial charge is 0.320 e. The molecule has 84 valence electrons. The average molecular weight is 198 g/mol. The molecule has 0 amide bonds. The second-order valence-corrected chi connectivity index (χ2v) is 4.54. The Morgan fingerprint density at radius 3 is 2.43 bits per heavy atom. The van der Waals surface area contributed by atoms with E-state index < -0.39 is 0 Å². The van der Waals surface area contributed by atoms with Crippen molar-refractivity contribution in [2.45, 2.75) is 51.0 Å². The zero-order valence-corrected chi connectivity index (χ0v) is 9.81. The Hall–Kier alpha value is -0.0800. The van der Waals surface area contributed by atoms with Gasteiger partial charge < -0.3 is 10.6 Å². The number of hydrogen-bond donors (Lipinski definition) is 2. The summed E-state index contributed by atoms with van der Waals surface area (Å²) in [6.07, 6.45) is 9.91. The fourth-order valence-corrected chi connectivity index (χ4v) is 2.65. The van der Waals surface area contributed by atoms with E-state index in [0.717, 1.165) is 18.5 Å². The standard InChI is InChI=1S/C12H26N2/c1-13-10-6-9-12(14-2)11-7-4-3-5-8-11/h11-14H,3-10H2,1-2H3. The van der Waals surface area contributed by atoms with Crippen LogP contribution in [0.1, 0.15) is 44.9 Å². The topological polar surface area (TPSA) is 24.1 Å². The average Bonchev–Trinajstić information content (AvgIpc) is 2.26. The Bertz CT molecular complexity index is 130. The molecule has 2 nitrogen and oxygen atoms in total. The molecule has 2 N–H and O–H groups in total. The van der Waals surface area contributed by atoms with E-state index in [1.165, 1.54) is 44.9 Å². The van der Waals surface area contributed by atoms with Gasteiger partial charge in [0, 0.05) is 6.04 Å². The smallest absolute Gasteiger partial charge is 0.00927 e. The fraction of sp³-hybridized carbons (Fsp3) is 1.00. The van der Waals surface area contributed by atoms with Crippen LogP contribution in [-0.4, -0.2) is 26.7 Å². The maximum absolute atomic E-state index is 3.50. The number of nitrogens with one attached hydrogen (secondary N) is 2. The van der Waals surface area contributed by atoms with Crippen molar-refractivity contribution < 1.29 is 0 Å². The van der Waals surface area contributed by atoms with Crippen LogP contribution in [0, 0.1) is 5.92 Å². The van der Waals surface area contributed by atoms with Gasteiger partial charge in [0.05, 0.1) is 0 Å². The van der Waals surface area contributed by atoms with Crippen molar-refractivity contribution in [1.82, 2.24) is 10.6 Å². The molecule has 1 fully saturated rings. The van der Waals surface area contributed by atoms with Gasteiger partial charge in [0.2, 0.25) is 0 Å². The van der Waals surface area contributed by atoms with Crippen molar-refractivity contribution in [1.29, 1.82) is 0 Å². The minimum absolute atomic E-state index is 0.767. The molecule has 0 saturated heterocycles. The Morgan fingerprint density at radius 2 is 1.86 bits per heavy atom. The molecule has 0 radical (unpaired) electrons. The predicted molar refractivity (Wildman–Crippen MR) is 62.6 cm³/mol. The maximum Gasteiger partial charge on any atom is 0.00927 e. The van der Waals surface area contributed by atoms with Gasteiger partial charge in [0.15, 0.2) is 0 Å². The highest BCUT2D eigenvalue weighted by Crippen LogP contribution is 2.27. The van der Waals surface area contributed by atoms with E-state index in [-0.39, 0.29) is 0 Å². The van der Waals surface area contributed by atoms with Crippen LogP contribution in [0.15, 0.2) is 0 Å². The van der Waals surface area contributed by atoms with Crippen LogP contribution in [-0.2, 0) is 0 Å². The summed E-state index contributed by atoms with van der Waals surface area (Å²) in [5, 5.41) is 6.73. The van der Waals surface area contributed by atoms with E-state index in [2.05, 4.69) is 17.7 Å². The van der Waals surface area contributed by atoms with Crippen LogP contribution in [0.25, 0.3) is 0 Å². The summed E-state index contributed by atoms with van der Waals surface area (Å²) in [5.41, 5.74) is 0. The fourth-order valence-electron chi connectivity index (χ4n) is 2.65. The predicted octanol–water partition coefficient (Wildman–Crippen LogP) is 2.15. The Morgan fingerprint density at radius 1 is 1.14 bits per heavy atom. The highest BCUT2D eigenvalue weighted by molar-refractivity contribution is 4.78. The van der Waals surface area contributed by atoms with Crippen LogP contribution in [0.3, 0.4) is 0 Å². The van der Waals surface area contributed by atoms with E-state index in [1.807, 2.05) is 7.05 Å². The zero-order chi connectivity index (χ0) is 10.2. The minimum Gasteiger partial charge on any atom is -0.320 e. The molecule has 0 bridgehead atoms. The zero-order valence-electron chi connectivity index (χ0n) is 9.81. The lowest BCUT2D eigenvalue weighted by Crippen LogP contribution is -2.35. The van der Waals surface area contributed by atoms with Crippen LogP contribution in [0.2, 0.25) is 0 Å². The molecule has 1 atom stereocenters. The monoisotopic (exact) mass is 198 g/mol. The molecule has 1 saturated carbocycles. The SMILES string of the molecule is CNCCCC(NC)C1CCCCC1. The third-order valence-electron chi connectivity index (χ3n) is 3.53. The molecular weight excluding hydrogens is 172 g/mol. The van der Waals surface area contributed by atoms with Crippen molar-refractivity contribution in [3.8, 4) is 0 Å². The van der Waals surface area contributed by atoms with Gasteiger partial charge in [-0.1, -0.05) is 19.3 Å². The lowest BCUT2D eigenvalue weighted by atomic mass is 9.82. The van der Waals surface area contributed by atoms with Gasteiger partial charge in [-0.2, -0.15) is 0 Å². The lowest BCUT2D eigenvalue weighted by molar-refractivity contribution is 0.264. The number of rotatable bonds is 6. The summed E-state index contributed by atoms with van der Waals surface area (Å²) in [6.45, 7) is 1.16. The quantitative estimate of drug-likeness (QED) is 0.639. The third kappa shape index (κ3) is 3.97. The van der Waals surface area contributed by atoms with Crippen LogP contribution < -0.4 is 10.6 Å². The molecule has 1 aliphatic rings. The molecule has 0 heterocycles.